The van der Waals surface area contributed by atoms with Gasteiger partial charge in [-0.05, 0) is 30.5 Å². The van der Waals surface area contributed by atoms with E-state index >= 15 is 0 Å². The molecule has 1 nitrogen and oxygen atoms in total. The van der Waals surface area contributed by atoms with Crippen LogP contribution in [0.15, 0.2) is 24.3 Å². The molecule has 1 aromatic carbocycles. The summed E-state index contributed by atoms with van der Waals surface area (Å²) in [6, 6.07) is 5.42. The lowest BCUT2D eigenvalue weighted by molar-refractivity contribution is -0.160. The van der Waals surface area contributed by atoms with E-state index in [0.29, 0.717) is 0 Å². The first-order chi connectivity index (χ1) is 6.46. The standard InChI is InChI=1S/C10H9F3O/c11-10(12,13)9(4-5-9)7-2-1-3-8(14)6-7/h1-3,6,14H,4-5H2. The van der Waals surface area contributed by atoms with Gasteiger partial charge >= 0.3 is 6.18 Å². The lowest BCUT2D eigenvalue weighted by Crippen LogP contribution is -2.28. The van der Waals surface area contributed by atoms with Gasteiger partial charge in [-0.25, -0.2) is 0 Å². The van der Waals surface area contributed by atoms with Gasteiger partial charge in [0.05, 0.1) is 5.41 Å². The molecule has 1 aliphatic rings. The minimum Gasteiger partial charge on any atom is -0.508 e. The van der Waals surface area contributed by atoms with Crippen molar-refractivity contribution in [1.29, 1.82) is 0 Å². The molecule has 0 bridgehead atoms. The van der Waals surface area contributed by atoms with Crippen LogP contribution in [0.2, 0.25) is 0 Å². The molecular formula is C10H9F3O. The topological polar surface area (TPSA) is 20.2 Å². The van der Waals surface area contributed by atoms with Gasteiger partial charge in [0.1, 0.15) is 5.75 Å². The molecule has 1 aliphatic carbocycles. The third-order valence-corrected chi connectivity index (χ3v) is 2.69. The van der Waals surface area contributed by atoms with Gasteiger partial charge in [0.25, 0.3) is 0 Å². The zero-order chi connectivity index (χ0) is 10.4. The van der Waals surface area contributed by atoms with Crippen molar-refractivity contribution in [2.45, 2.75) is 24.4 Å². The SMILES string of the molecule is Oc1cccc(C2(C(F)(F)F)CC2)c1. The van der Waals surface area contributed by atoms with Crippen LogP contribution in [0.3, 0.4) is 0 Å². The van der Waals surface area contributed by atoms with E-state index in [2.05, 4.69) is 0 Å². The molecule has 0 saturated heterocycles. The highest BCUT2D eigenvalue weighted by Gasteiger charge is 2.64. The highest BCUT2D eigenvalue weighted by molar-refractivity contribution is 5.38. The van der Waals surface area contributed by atoms with E-state index < -0.39 is 11.6 Å². The Kier molecular flexibility index (Phi) is 1.77. The first-order valence-electron chi connectivity index (χ1n) is 4.32. The van der Waals surface area contributed by atoms with Gasteiger partial charge in [-0.15, -0.1) is 0 Å². The summed E-state index contributed by atoms with van der Waals surface area (Å²) in [4.78, 5) is 0. The summed E-state index contributed by atoms with van der Waals surface area (Å²) in [7, 11) is 0. The number of halogens is 3. The van der Waals surface area contributed by atoms with Gasteiger partial charge in [-0.1, -0.05) is 12.1 Å². The fraction of sp³-hybridized carbons (Fsp3) is 0.400. The van der Waals surface area contributed by atoms with Crippen LogP contribution >= 0.6 is 0 Å². The second-order valence-corrected chi connectivity index (χ2v) is 3.63. The van der Waals surface area contributed by atoms with Crippen LogP contribution in [-0.4, -0.2) is 11.3 Å². The summed E-state index contributed by atoms with van der Waals surface area (Å²) >= 11 is 0. The van der Waals surface area contributed by atoms with Gasteiger partial charge in [-0.2, -0.15) is 13.2 Å². The number of phenols is 1. The molecule has 14 heavy (non-hydrogen) atoms. The maximum atomic E-state index is 12.6. The number of rotatable bonds is 1. The molecule has 2 rings (SSSR count). The van der Waals surface area contributed by atoms with Crippen molar-refractivity contribution in [3.63, 3.8) is 0 Å². The third kappa shape index (κ3) is 1.25. The van der Waals surface area contributed by atoms with Crippen LogP contribution in [0.25, 0.3) is 0 Å². The summed E-state index contributed by atoms with van der Waals surface area (Å²) in [5.41, 5.74) is -1.52. The van der Waals surface area contributed by atoms with E-state index in [9.17, 15) is 13.2 Å². The molecule has 0 aliphatic heterocycles. The van der Waals surface area contributed by atoms with Crippen molar-refractivity contribution in [3.8, 4) is 5.75 Å². The van der Waals surface area contributed by atoms with Crippen LogP contribution < -0.4 is 0 Å². The molecule has 0 unspecified atom stereocenters. The minimum atomic E-state index is -4.21. The Hall–Kier alpha value is -1.19. The highest BCUT2D eigenvalue weighted by Crippen LogP contribution is 2.59. The average Bonchev–Trinajstić information content (AvgIpc) is 2.82. The molecule has 0 heterocycles. The molecule has 4 heteroatoms. The molecule has 0 spiro atoms. The maximum absolute atomic E-state index is 12.6. The first kappa shape index (κ1) is 9.37. The predicted octanol–water partition coefficient (Wildman–Crippen LogP) is 2.99. The van der Waals surface area contributed by atoms with Crippen molar-refractivity contribution < 1.29 is 18.3 Å². The predicted molar refractivity (Wildman–Crippen MR) is 45.1 cm³/mol. The van der Waals surface area contributed by atoms with Crippen molar-refractivity contribution >= 4 is 0 Å². The third-order valence-electron chi connectivity index (χ3n) is 2.69. The first-order valence-corrected chi connectivity index (χ1v) is 4.32. The van der Waals surface area contributed by atoms with Crippen LogP contribution in [0.4, 0.5) is 13.2 Å². The van der Waals surface area contributed by atoms with E-state index in [1.54, 1.807) is 0 Å². The molecular weight excluding hydrogens is 193 g/mol. The second-order valence-electron chi connectivity index (χ2n) is 3.63. The zero-order valence-corrected chi connectivity index (χ0v) is 7.30. The lowest BCUT2D eigenvalue weighted by Gasteiger charge is -2.19. The van der Waals surface area contributed by atoms with Crippen LogP contribution in [0.1, 0.15) is 18.4 Å². The Morgan fingerprint density at radius 2 is 1.86 bits per heavy atom. The number of hydrogen-bond acceptors (Lipinski definition) is 1. The van der Waals surface area contributed by atoms with E-state index in [0.717, 1.165) is 0 Å². The normalized spacial score (nSPS) is 19.4. The number of alkyl halides is 3. The lowest BCUT2D eigenvalue weighted by atomic mass is 9.95. The average molecular weight is 202 g/mol. The van der Waals surface area contributed by atoms with Crippen LogP contribution in [0, 0.1) is 0 Å². The van der Waals surface area contributed by atoms with Crippen molar-refractivity contribution in [2.24, 2.45) is 0 Å². The highest BCUT2D eigenvalue weighted by atomic mass is 19.4. The zero-order valence-electron chi connectivity index (χ0n) is 7.30. The van der Waals surface area contributed by atoms with Gasteiger partial charge in [0.2, 0.25) is 0 Å². The van der Waals surface area contributed by atoms with Gasteiger partial charge in [0.15, 0.2) is 0 Å². The van der Waals surface area contributed by atoms with Gasteiger partial charge in [-0.3, -0.25) is 0 Å². The van der Waals surface area contributed by atoms with E-state index in [4.69, 9.17) is 5.11 Å². The summed E-state index contributed by atoms with van der Waals surface area (Å²) in [6.45, 7) is 0. The smallest absolute Gasteiger partial charge is 0.398 e. The monoisotopic (exact) mass is 202 g/mol. The summed E-state index contributed by atoms with van der Waals surface area (Å²) in [6.07, 6.45) is -3.96. The fourth-order valence-corrected chi connectivity index (χ4v) is 1.66. The summed E-state index contributed by atoms with van der Waals surface area (Å²) < 4.78 is 37.9. The molecule has 1 saturated carbocycles. The van der Waals surface area contributed by atoms with Crippen LogP contribution in [0.5, 0.6) is 5.75 Å². The molecule has 1 N–H and O–H groups in total. The van der Waals surface area contributed by atoms with E-state index in [1.807, 2.05) is 0 Å². The molecule has 0 aromatic heterocycles. The van der Waals surface area contributed by atoms with E-state index in [-0.39, 0.29) is 24.2 Å². The molecule has 0 amide bonds. The fourth-order valence-electron chi connectivity index (χ4n) is 1.66. The van der Waals surface area contributed by atoms with Gasteiger partial charge in [0, 0.05) is 0 Å². The largest absolute Gasteiger partial charge is 0.508 e. The Balaban J connectivity index is 2.41. The minimum absolute atomic E-state index is 0.113. The van der Waals surface area contributed by atoms with Crippen LogP contribution in [-0.2, 0) is 5.41 Å². The van der Waals surface area contributed by atoms with E-state index in [1.165, 1.54) is 24.3 Å². The van der Waals surface area contributed by atoms with Crippen molar-refractivity contribution in [3.05, 3.63) is 29.8 Å². The number of hydrogen-bond donors (Lipinski definition) is 1. The van der Waals surface area contributed by atoms with Crippen molar-refractivity contribution in [2.75, 3.05) is 0 Å². The maximum Gasteiger partial charge on any atom is 0.398 e. The Bertz CT molecular complexity index is 353. The Labute approximate surface area is 79.2 Å². The number of aromatic hydroxyl groups is 1. The van der Waals surface area contributed by atoms with Gasteiger partial charge < -0.3 is 5.11 Å². The molecule has 0 atom stereocenters. The van der Waals surface area contributed by atoms with Crippen molar-refractivity contribution in [1.82, 2.24) is 0 Å². The molecule has 0 radical (unpaired) electrons. The Morgan fingerprint density at radius 1 is 1.21 bits per heavy atom. The number of phenolic OH excluding ortho intramolecular Hbond substituents is 1. The molecule has 1 fully saturated rings. The Morgan fingerprint density at radius 3 is 2.29 bits per heavy atom. The molecule has 76 valence electrons. The summed E-state index contributed by atoms with van der Waals surface area (Å²) in [5, 5.41) is 9.10. The summed E-state index contributed by atoms with van der Waals surface area (Å²) in [5.74, 6) is -0.113. The second kappa shape index (κ2) is 2.65. The molecule has 1 aromatic rings. The number of benzene rings is 1. The quantitative estimate of drug-likeness (QED) is 0.742.